The van der Waals surface area contributed by atoms with Gasteiger partial charge >= 0.3 is 11.8 Å². The topological polar surface area (TPSA) is 118 Å². The molecule has 9 nitrogen and oxygen atoms in total. The molecule has 2 aromatic carbocycles. The normalized spacial score (nSPS) is 10.7. The average Bonchev–Trinajstić information content (AvgIpc) is 2.78. The van der Waals surface area contributed by atoms with Crippen molar-refractivity contribution in [2.45, 2.75) is 20.8 Å². The number of hydrazone groups is 1. The smallest absolute Gasteiger partial charge is 0.329 e. The summed E-state index contributed by atoms with van der Waals surface area (Å²) in [5, 5.41) is 9.40. The van der Waals surface area contributed by atoms with Crippen molar-refractivity contribution in [2.24, 2.45) is 11.0 Å². The van der Waals surface area contributed by atoms with Crippen LogP contribution < -0.4 is 25.5 Å². The Bertz CT molecular complexity index is 1010. The van der Waals surface area contributed by atoms with Gasteiger partial charge in [0.05, 0.1) is 23.5 Å². The Balaban J connectivity index is 1.95. The first-order valence-electron chi connectivity index (χ1n) is 10.3. The molecular weight excluding hydrogens is 448 g/mol. The van der Waals surface area contributed by atoms with E-state index in [0.29, 0.717) is 40.9 Å². The highest BCUT2D eigenvalue weighted by atomic mass is 35.5. The zero-order chi connectivity index (χ0) is 24.2. The summed E-state index contributed by atoms with van der Waals surface area (Å²) in [4.78, 5) is 35.6. The van der Waals surface area contributed by atoms with Crippen LogP contribution in [0.5, 0.6) is 11.5 Å². The fourth-order valence-corrected chi connectivity index (χ4v) is 2.66. The Morgan fingerprint density at radius 1 is 1.06 bits per heavy atom. The van der Waals surface area contributed by atoms with Gasteiger partial charge < -0.3 is 20.1 Å². The molecule has 2 aromatic rings. The van der Waals surface area contributed by atoms with Gasteiger partial charge in [0.15, 0.2) is 18.1 Å². The molecule has 0 spiro atoms. The SMILES string of the molecule is CCOc1cc(/C=N\NC(=O)C(=O)NCC(C)C)ccc1OCC(=O)Nc1ccccc1Cl. The summed E-state index contributed by atoms with van der Waals surface area (Å²) in [6, 6.07) is 11.8. The first-order chi connectivity index (χ1) is 15.8. The Morgan fingerprint density at radius 2 is 1.82 bits per heavy atom. The van der Waals surface area contributed by atoms with E-state index in [-0.39, 0.29) is 18.4 Å². The van der Waals surface area contributed by atoms with Gasteiger partial charge in [-0.25, -0.2) is 5.43 Å². The van der Waals surface area contributed by atoms with Crippen molar-refractivity contribution in [3.63, 3.8) is 0 Å². The maximum Gasteiger partial charge on any atom is 0.329 e. The van der Waals surface area contributed by atoms with Crippen LogP contribution in [0.3, 0.4) is 0 Å². The lowest BCUT2D eigenvalue weighted by atomic mass is 10.2. The molecule has 0 radical (unpaired) electrons. The highest BCUT2D eigenvalue weighted by Gasteiger charge is 2.13. The third-order valence-electron chi connectivity index (χ3n) is 4.03. The van der Waals surface area contributed by atoms with Crippen molar-refractivity contribution in [3.05, 3.63) is 53.1 Å². The molecule has 0 aliphatic heterocycles. The Labute approximate surface area is 197 Å². The lowest BCUT2D eigenvalue weighted by molar-refractivity contribution is -0.139. The minimum Gasteiger partial charge on any atom is -0.490 e. The monoisotopic (exact) mass is 474 g/mol. The molecule has 3 N–H and O–H groups in total. The van der Waals surface area contributed by atoms with Gasteiger partial charge in [0, 0.05) is 6.54 Å². The zero-order valence-corrected chi connectivity index (χ0v) is 19.4. The van der Waals surface area contributed by atoms with Gasteiger partial charge in [0.1, 0.15) is 0 Å². The number of anilines is 1. The fraction of sp³-hybridized carbons (Fsp3) is 0.304. The molecule has 33 heavy (non-hydrogen) atoms. The molecule has 2 rings (SSSR count). The van der Waals surface area contributed by atoms with Crippen LogP contribution in [0, 0.1) is 5.92 Å². The van der Waals surface area contributed by atoms with Crippen molar-refractivity contribution in [2.75, 3.05) is 25.1 Å². The van der Waals surface area contributed by atoms with Crippen molar-refractivity contribution < 1.29 is 23.9 Å². The first-order valence-corrected chi connectivity index (χ1v) is 10.7. The van der Waals surface area contributed by atoms with Crippen LogP contribution in [0.25, 0.3) is 0 Å². The molecule has 0 unspecified atom stereocenters. The molecule has 0 aliphatic rings. The van der Waals surface area contributed by atoms with Crippen LogP contribution in [0.1, 0.15) is 26.3 Å². The summed E-state index contributed by atoms with van der Waals surface area (Å²) in [6.07, 6.45) is 1.37. The predicted molar refractivity (Wildman–Crippen MR) is 127 cm³/mol. The number of ether oxygens (including phenoxy) is 2. The van der Waals surface area contributed by atoms with Crippen LogP contribution in [0.15, 0.2) is 47.6 Å². The van der Waals surface area contributed by atoms with Crippen LogP contribution in [0.4, 0.5) is 5.69 Å². The second-order valence-corrected chi connectivity index (χ2v) is 7.67. The number of halogens is 1. The van der Waals surface area contributed by atoms with Crippen LogP contribution in [-0.2, 0) is 14.4 Å². The highest BCUT2D eigenvalue weighted by Crippen LogP contribution is 2.28. The molecule has 0 aliphatic carbocycles. The van der Waals surface area contributed by atoms with E-state index in [0.717, 1.165) is 0 Å². The standard InChI is InChI=1S/C23H27ClN4O5/c1-4-32-20-11-16(13-26-28-23(31)22(30)25-12-15(2)3)9-10-19(20)33-14-21(29)27-18-8-6-5-7-17(18)24/h5-11,13,15H,4,12,14H2,1-3H3,(H,25,30)(H,27,29)(H,28,31)/b26-13-. The molecular formula is C23H27ClN4O5. The number of rotatable bonds is 10. The molecule has 0 aromatic heterocycles. The Hall–Kier alpha value is -3.59. The van der Waals surface area contributed by atoms with Crippen LogP contribution in [-0.4, -0.2) is 43.7 Å². The van der Waals surface area contributed by atoms with Gasteiger partial charge in [0.2, 0.25) is 0 Å². The summed E-state index contributed by atoms with van der Waals surface area (Å²) >= 11 is 6.04. The molecule has 176 valence electrons. The molecule has 0 heterocycles. The lowest BCUT2D eigenvalue weighted by Gasteiger charge is -2.13. The minimum absolute atomic E-state index is 0.227. The van der Waals surface area contributed by atoms with Crippen molar-refractivity contribution in [1.82, 2.24) is 10.7 Å². The summed E-state index contributed by atoms with van der Waals surface area (Å²) in [6.45, 7) is 6.17. The quantitative estimate of drug-likeness (QED) is 0.278. The molecule has 0 saturated heterocycles. The van der Waals surface area contributed by atoms with E-state index >= 15 is 0 Å². The molecule has 0 atom stereocenters. The largest absolute Gasteiger partial charge is 0.490 e. The molecule has 0 bridgehead atoms. The number of hydrogen-bond donors (Lipinski definition) is 3. The van der Waals surface area contributed by atoms with Gasteiger partial charge in [-0.2, -0.15) is 5.10 Å². The fourth-order valence-electron chi connectivity index (χ4n) is 2.48. The maximum absolute atomic E-state index is 12.2. The van der Waals surface area contributed by atoms with Crippen molar-refractivity contribution in [3.8, 4) is 11.5 Å². The highest BCUT2D eigenvalue weighted by molar-refractivity contribution is 6.35. The third-order valence-corrected chi connectivity index (χ3v) is 4.36. The maximum atomic E-state index is 12.2. The molecule has 0 fully saturated rings. The van der Waals surface area contributed by atoms with Gasteiger partial charge in [-0.1, -0.05) is 37.6 Å². The van der Waals surface area contributed by atoms with Crippen LogP contribution >= 0.6 is 11.6 Å². The minimum atomic E-state index is -0.860. The van der Waals surface area contributed by atoms with E-state index in [1.54, 1.807) is 42.5 Å². The Morgan fingerprint density at radius 3 is 2.52 bits per heavy atom. The summed E-state index contributed by atoms with van der Waals surface area (Å²) in [5.74, 6) is -1.01. The second kappa shape index (κ2) is 13.1. The lowest BCUT2D eigenvalue weighted by Crippen LogP contribution is -2.39. The molecule has 3 amide bonds. The van der Waals surface area contributed by atoms with Crippen molar-refractivity contribution >= 4 is 41.2 Å². The Kier molecular flexibility index (Phi) is 10.2. The number of amides is 3. The number of para-hydroxylation sites is 1. The van der Waals surface area contributed by atoms with Gasteiger partial charge in [-0.05, 0) is 48.7 Å². The average molecular weight is 475 g/mol. The summed E-state index contributed by atoms with van der Waals surface area (Å²) in [5.41, 5.74) is 3.25. The summed E-state index contributed by atoms with van der Waals surface area (Å²) in [7, 11) is 0. The summed E-state index contributed by atoms with van der Waals surface area (Å²) < 4.78 is 11.2. The van der Waals surface area contributed by atoms with Gasteiger partial charge in [-0.15, -0.1) is 0 Å². The number of nitrogens with one attached hydrogen (secondary N) is 3. The zero-order valence-electron chi connectivity index (χ0n) is 18.7. The third kappa shape index (κ3) is 8.82. The van der Waals surface area contributed by atoms with E-state index in [4.69, 9.17) is 21.1 Å². The number of hydrogen-bond acceptors (Lipinski definition) is 6. The van der Waals surface area contributed by atoms with Gasteiger partial charge in [0.25, 0.3) is 5.91 Å². The number of carbonyl (C=O) groups is 3. The van der Waals surface area contributed by atoms with Crippen LogP contribution in [0.2, 0.25) is 5.02 Å². The van der Waals surface area contributed by atoms with E-state index in [1.807, 2.05) is 20.8 Å². The molecule has 10 heteroatoms. The number of carbonyl (C=O) groups excluding carboxylic acids is 3. The van der Waals surface area contributed by atoms with E-state index in [9.17, 15) is 14.4 Å². The van der Waals surface area contributed by atoms with E-state index in [1.165, 1.54) is 6.21 Å². The molecule has 0 saturated carbocycles. The first kappa shape index (κ1) is 25.7. The second-order valence-electron chi connectivity index (χ2n) is 7.26. The number of nitrogens with zero attached hydrogens (tertiary/aromatic N) is 1. The van der Waals surface area contributed by atoms with Crippen molar-refractivity contribution in [1.29, 1.82) is 0 Å². The van der Waals surface area contributed by atoms with E-state index < -0.39 is 11.8 Å². The van der Waals surface area contributed by atoms with E-state index in [2.05, 4.69) is 21.2 Å². The predicted octanol–water partition coefficient (Wildman–Crippen LogP) is 2.98. The van der Waals surface area contributed by atoms with Gasteiger partial charge in [-0.3, -0.25) is 14.4 Å². The number of benzene rings is 2.